The minimum absolute atomic E-state index is 0.0869. The molecule has 5 rings (SSSR count). The first-order chi connectivity index (χ1) is 16.6. The van der Waals surface area contributed by atoms with E-state index in [1.807, 2.05) is 53.2 Å². The normalized spacial score (nSPS) is 13.9. The van der Waals surface area contributed by atoms with Crippen molar-refractivity contribution in [2.45, 2.75) is 6.92 Å². The maximum absolute atomic E-state index is 11.5. The van der Waals surface area contributed by atoms with Crippen LogP contribution >= 0.6 is 0 Å². The second kappa shape index (κ2) is 9.05. The molecule has 0 aliphatic carbocycles. The number of Topliss-reactive ketones (excluding diaryl/α,β-unsaturated/α-hetero) is 1. The molecule has 0 saturated carbocycles. The first-order valence-corrected chi connectivity index (χ1v) is 11.2. The molecule has 0 N–H and O–H groups in total. The summed E-state index contributed by atoms with van der Waals surface area (Å²) in [5.74, 6) is 2.37. The molecule has 0 unspecified atom stereocenters. The number of nitrogens with zero attached hydrogens (tertiary/aromatic N) is 5. The molecule has 1 saturated heterocycles. The van der Waals surface area contributed by atoms with Crippen molar-refractivity contribution in [3.05, 3.63) is 66.5 Å². The van der Waals surface area contributed by atoms with E-state index in [9.17, 15) is 4.79 Å². The van der Waals surface area contributed by atoms with E-state index >= 15 is 0 Å². The highest BCUT2D eigenvalue weighted by molar-refractivity contribution is 5.94. The zero-order valence-electron chi connectivity index (χ0n) is 19.6. The van der Waals surface area contributed by atoms with E-state index in [2.05, 4.69) is 15.9 Å². The fraction of sp³-hybridized carbons (Fsp3) is 0.269. The molecule has 0 amide bonds. The van der Waals surface area contributed by atoms with Gasteiger partial charge in [-0.3, -0.25) is 4.79 Å². The lowest BCUT2D eigenvalue weighted by molar-refractivity contribution is 0.101. The Balaban J connectivity index is 1.37. The molecule has 3 heterocycles. The number of fused-ring (bicyclic) bond motifs is 1. The number of hydrogen-bond acceptors (Lipinski definition) is 7. The predicted molar refractivity (Wildman–Crippen MR) is 132 cm³/mol. The summed E-state index contributed by atoms with van der Waals surface area (Å²) in [4.78, 5) is 20.9. The summed E-state index contributed by atoms with van der Waals surface area (Å²) in [6.45, 7) is 5.03. The molecule has 2 aromatic heterocycles. The summed E-state index contributed by atoms with van der Waals surface area (Å²) < 4.78 is 12.7. The Morgan fingerprint density at radius 3 is 2.26 bits per heavy atom. The van der Waals surface area contributed by atoms with Crippen LogP contribution in [-0.4, -0.2) is 60.8 Å². The van der Waals surface area contributed by atoms with Gasteiger partial charge in [0.05, 0.1) is 19.9 Å². The maximum Gasteiger partial charge on any atom is 0.161 e. The van der Waals surface area contributed by atoms with E-state index < -0.39 is 0 Å². The van der Waals surface area contributed by atoms with Crippen molar-refractivity contribution in [3.8, 4) is 22.8 Å². The number of aromatic nitrogens is 3. The molecule has 1 aliphatic heterocycles. The minimum Gasteiger partial charge on any atom is -0.493 e. The van der Waals surface area contributed by atoms with E-state index in [0.717, 1.165) is 60.0 Å². The van der Waals surface area contributed by atoms with Gasteiger partial charge in [0, 0.05) is 55.4 Å². The third-order valence-corrected chi connectivity index (χ3v) is 6.27. The van der Waals surface area contributed by atoms with Gasteiger partial charge in [-0.2, -0.15) is 5.10 Å². The van der Waals surface area contributed by atoms with Crippen LogP contribution in [0.2, 0.25) is 0 Å². The molecule has 0 atom stereocenters. The van der Waals surface area contributed by atoms with Gasteiger partial charge in [0.25, 0.3) is 0 Å². The third-order valence-electron chi connectivity index (χ3n) is 6.27. The molecule has 8 heteroatoms. The average molecular weight is 458 g/mol. The van der Waals surface area contributed by atoms with Gasteiger partial charge in [-0.1, -0.05) is 0 Å². The number of methoxy groups -OCH3 is 2. The number of carbonyl (C=O) groups excluding carboxylic acids is 1. The first-order valence-electron chi connectivity index (χ1n) is 11.2. The van der Waals surface area contributed by atoms with Crippen molar-refractivity contribution in [3.63, 3.8) is 0 Å². The van der Waals surface area contributed by atoms with Gasteiger partial charge < -0.3 is 19.3 Å². The molecule has 4 aromatic rings. The zero-order valence-corrected chi connectivity index (χ0v) is 19.6. The fourth-order valence-electron chi connectivity index (χ4n) is 4.37. The van der Waals surface area contributed by atoms with E-state index in [4.69, 9.17) is 19.6 Å². The van der Waals surface area contributed by atoms with Crippen molar-refractivity contribution >= 4 is 22.8 Å². The lowest BCUT2D eigenvalue weighted by atomic mass is 10.1. The molecule has 8 nitrogen and oxygen atoms in total. The van der Waals surface area contributed by atoms with Crippen LogP contribution in [-0.2, 0) is 0 Å². The SMILES string of the molecule is COc1ccc(-c2cc3c(N4CCN(c5ccc(C(C)=O)cc5)CC4)nccn3n2)cc1OC. The molecule has 174 valence electrons. The molecular weight excluding hydrogens is 430 g/mol. The Bertz CT molecular complexity index is 1320. The standard InChI is InChI=1S/C26H27N5O3/c1-18(32)19-4-7-21(8-5-19)29-12-14-30(15-13-29)26-23-17-22(28-31(23)11-10-27-26)20-6-9-24(33-2)25(16-20)34-3/h4-11,16-17H,12-15H2,1-3H3. The molecule has 0 spiro atoms. The Morgan fingerprint density at radius 2 is 1.59 bits per heavy atom. The van der Waals surface area contributed by atoms with Crippen LogP contribution in [0.1, 0.15) is 17.3 Å². The second-order valence-electron chi connectivity index (χ2n) is 8.26. The Kier molecular flexibility index (Phi) is 5.79. The van der Waals surface area contributed by atoms with Crippen molar-refractivity contribution in [1.82, 2.24) is 14.6 Å². The summed E-state index contributed by atoms with van der Waals surface area (Å²) in [5.41, 5.74) is 4.64. The Hall–Kier alpha value is -4.07. The number of hydrogen-bond donors (Lipinski definition) is 0. The van der Waals surface area contributed by atoms with Crippen LogP contribution in [0.4, 0.5) is 11.5 Å². The second-order valence-corrected chi connectivity index (χ2v) is 8.26. The summed E-state index contributed by atoms with van der Waals surface area (Å²) in [7, 11) is 3.26. The van der Waals surface area contributed by atoms with E-state index in [1.165, 1.54) is 0 Å². The largest absolute Gasteiger partial charge is 0.493 e. The highest BCUT2D eigenvalue weighted by atomic mass is 16.5. The van der Waals surface area contributed by atoms with Crippen molar-refractivity contribution in [1.29, 1.82) is 0 Å². The molecule has 34 heavy (non-hydrogen) atoms. The summed E-state index contributed by atoms with van der Waals surface area (Å²) in [6.07, 6.45) is 3.66. The lowest BCUT2D eigenvalue weighted by Gasteiger charge is -2.36. The van der Waals surface area contributed by atoms with Crippen molar-refractivity contribution in [2.75, 3.05) is 50.2 Å². The smallest absolute Gasteiger partial charge is 0.161 e. The van der Waals surface area contributed by atoms with Gasteiger partial charge in [0.1, 0.15) is 5.52 Å². The monoisotopic (exact) mass is 457 g/mol. The fourth-order valence-corrected chi connectivity index (χ4v) is 4.37. The van der Waals surface area contributed by atoms with Gasteiger partial charge in [0.2, 0.25) is 0 Å². The van der Waals surface area contributed by atoms with Crippen LogP contribution in [0.5, 0.6) is 11.5 Å². The zero-order chi connectivity index (χ0) is 23.7. The predicted octanol–water partition coefficient (Wildman–Crippen LogP) is 3.94. The van der Waals surface area contributed by atoms with Gasteiger partial charge >= 0.3 is 0 Å². The Morgan fingerprint density at radius 1 is 0.882 bits per heavy atom. The van der Waals surface area contributed by atoms with Gasteiger partial charge in [-0.15, -0.1) is 0 Å². The number of benzene rings is 2. The van der Waals surface area contributed by atoms with Crippen molar-refractivity contribution in [2.24, 2.45) is 0 Å². The summed E-state index contributed by atoms with van der Waals surface area (Å²) >= 11 is 0. The van der Waals surface area contributed by atoms with Crippen LogP contribution in [0.3, 0.4) is 0 Å². The molecule has 0 bridgehead atoms. The molecular formula is C26H27N5O3. The number of carbonyl (C=O) groups is 1. The van der Waals surface area contributed by atoms with Crippen LogP contribution in [0.25, 0.3) is 16.8 Å². The maximum atomic E-state index is 11.5. The summed E-state index contributed by atoms with van der Waals surface area (Å²) in [6, 6.07) is 15.7. The molecule has 0 radical (unpaired) electrons. The van der Waals surface area contributed by atoms with Crippen LogP contribution in [0.15, 0.2) is 60.9 Å². The van der Waals surface area contributed by atoms with E-state index in [-0.39, 0.29) is 5.78 Å². The summed E-state index contributed by atoms with van der Waals surface area (Å²) in [5, 5.41) is 4.77. The van der Waals surface area contributed by atoms with Gasteiger partial charge in [-0.25, -0.2) is 9.50 Å². The number of ketones is 1. The lowest BCUT2D eigenvalue weighted by Crippen LogP contribution is -2.47. The van der Waals surface area contributed by atoms with Gasteiger partial charge in [-0.05, 0) is 55.5 Å². The van der Waals surface area contributed by atoms with E-state index in [1.54, 1.807) is 27.3 Å². The highest BCUT2D eigenvalue weighted by Gasteiger charge is 2.21. The van der Waals surface area contributed by atoms with Crippen molar-refractivity contribution < 1.29 is 14.3 Å². The van der Waals surface area contributed by atoms with Gasteiger partial charge in [0.15, 0.2) is 23.1 Å². The number of anilines is 2. The Labute approximate surface area is 198 Å². The number of ether oxygens (including phenoxy) is 2. The quantitative estimate of drug-likeness (QED) is 0.406. The van der Waals surface area contributed by atoms with Crippen LogP contribution in [0, 0.1) is 0 Å². The third kappa shape index (κ3) is 4.03. The molecule has 1 fully saturated rings. The minimum atomic E-state index is 0.0869. The highest BCUT2D eigenvalue weighted by Crippen LogP contribution is 2.33. The number of piperazine rings is 1. The topological polar surface area (TPSA) is 72.2 Å². The van der Waals surface area contributed by atoms with E-state index in [0.29, 0.717) is 11.5 Å². The number of rotatable bonds is 6. The molecule has 1 aliphatic rings. The molecule has 2 aromatic carbocycles. The van der Waals surface area contributed by atoms with Crippen LogP contribution < -0.4 is 19.3 Å². The first kappa shape index (κ1) is 21.8. The average Bonchev–Trinajstić information content (AvgIpc) is 3.33.